The van der Waals surface area contributed by atoms with Crippen LogP contribution in [0.4, 0.5) is 16.0 Å². The number of carbonyl (C=O) groups is 1. The number of hydrogen-bond donors (Lipinski definition) is 3. The summed E-state index contributed by atoms with van der Waals surface area (Å²) in [6.07, 6.45) is 6.54. The Balaban J connectivity index is 1.32. The third-order valence-corrected chi connectivity index (χ3v) is 4.95. The van der Waals surface area contributed by atoms with Gasteiger partial charge < -0.3 is 10.6 Å². The van der Waals surface area contributed by atoms with Crippen molar-refractivity contribution in [3.8, 4) is 17.0 Å². The number of rotatable bonds is 7. The predicted octanol–water partition coefficient (Wildman–Crippen LogP) is 3.45. The van der Waals surface area contributed by atoms with Gasteiger partial charge in [0.2, 0.25) is 0 Å². The molecule has 0 atom stereocenters. The van der Waals surface area contributed by atoms with Gasteiger partial charge in [0.15, 0.2) is 17.2 Å². The van der Waals surface area contributed by atoms with Crippen LogP contribution in [0.3, 0.4) is 0 Å². The highest BCUT2D eigenvalue weighted by Crippen LogP contribution is 2.24. The molecule has 1 amide bonds. The molecule has 33 heavy (non-hydrogen) atoms. The van der Waals surface area contributed by atoms with E-state index < -0.39 is 0 Å². The molecule has 2 aromatic carbocycles. The number of halogens is 1. The van der Waals surface area contributed by atoms with Crippen molar-refractivity contribution in [1.29, 1.82) is 0 Å². The second-order valence-electron chi connectivity index (χ2n) is 7.08. The molecule has 5 rings (SSSR count). The van der Waals surface area contributed by atoms with Crippen molar-refractivity contribution < 1.29 is 14.3 Å². The number of amides is 1. The number of hydrogen-bond acceptors (Lipinski definition) is 7. The third-order valence-electron chi connectivity index (χ3n) is 4.95. The third kappa shape index (κ3) is 4.19. The summed E-state index contributed by atoms with van der Waals surface area (Å²) < 4.78 is 13.8. The van der Waals surface area contributed by atoms with Gasteiger partial charge in [-0.1, -0.05) is 18.2 Å². The van der Waals surface area contributed by atoms with Gasteiger partial charge in [0.1, 0.15) is 6.33 Å². The van der Waals surface area contributed by atoms with Crippen molar-refractivity contribution in [2.24, 2.45) is 0 Å². The van der Waals surface area contributed by atoms with Gasteiger partial charge >= 0.3 is 0 Å². The van der Waals surface area contributed by atoms with Crippen LogP contribution in [0.1, 0.15) is 15.9 Å². The Morgan fingerprint density at radius 1 is 1.12 bits per heavy atom. The van der Waals surface area contributed by atoms with E-state index in [2.05, 4.69) is 40.8 Å². The van der Waals surface area contributed by atoms with Crippen molar-refractivity contribution >= 4 is 23.1 Å². The van der Waals surface area contributed by atoms with Gasteiger partial charge in [-0.3, -0.25) is 14.8 Å². The summed E-state index contributed by atoms with van der Waals surface area (Å²) >= 11 is 0. The topological polar surface area (TPSA) is 122 Å². The van der Waals surface area contributed by atoms with Crippen molar-refractivity contribution in [3.05, 3.63) is 84.6 Å². The molecule has 3 N–H and O–H groups in total. The molecule has 11 heteroatoms. The summed E-state index contributed by atoms with van der Waals surface area (Å²) in [6, 6.07) is 13.4. The smallest absolute Gasteiger partial charge is 0.251 e. The lowest BCUT2D eigenvalue weighted by Crippen LogP contribution is -2.22. The second kappa shape index (κ2) is 8.75. The van der Waals surface area contributed by atoms with E-state index in [-0.39, 0.29) is 11.7 Å². The first-order valence-corrected chi connectivity index (χ1v) is 9.92. The number of aromatic nitrogens is 6. The lowest BCUT2D eigenvalue weighted by atomic mass is 10.1. The summed E-state index contributed by atoms with van der Waals surface area (Å²) in [5.41, 5.74) is 4.05. The van der Waals surface area contributed by atoms with Crippen LogP contribution in [-0.2, 0) is 6.54 Å². The van der Waals surface area contributed by atoms with E-state index in [1.165, 1.54) is 18.5 Å². The minimum Gasteiger partial charge on any atom is -0.348 e. The lowest BCUT2D eigenvalue weighted by Gasteiger charge is -2.10. The zero-order chi connectivity index (χ0) is 22.6. The molecular formula is C22H17FN8O2. The Labute approximate surface area is 186 Å². The molecule has 3 aromatic heterocycles. The van der Waals surface area contributed by atoms with Crippen LogP contribution in [-0.4, -0.2) is 35.7 Å². The van der Waals surface area contributed by atoms with Crippen LogP contribution < -0.4 is 15.6 Å². The average molecular weight is 444 g/mol. The van der Waals surface area contributed by atoms with Crippen LogP contribution in [0, 0.1) is 0 Å². The average Bonchev–Trinajstić information content (AvgIpc) is 3.56. The fourth-order valence-electron chi connectivity index (χ4n) is 3.31. The van der Waals surface area contributed by atoms with E-state index in [9.17, 15) is 9.32 Å². The van der Waals surface area contributed by atoms with E-state index in [0.29, 0.717) is 29.3 Å². The Kier molecular flexibility index (Phi) is 5.33. The van der Waals surface area contributed by atoms with Gasteiger partial charge in [-0.2, -0.15) is 10.2 Å². The lowest BCUT2D eigenvalue weighted by molar-refractivity contribution is -0.00622. The van der Waals surface area contributed by atoms with E-state index in [0.717, 1.165) is 16.8 Å². The van der Waals surface area contributed by atoms with Crippen LogP contribution in [0.25, 0.3) is 16.9 Å². The van der Waals surface area contributed by atoms with Crippen LogP contribution in [0.15, 0.2) is 73.4 Å². The first kappa shape index (κ1) is 20.1. The molecule has 3 heterocycles. The quantitative estimate of drug-likeness (QED) is 0.351. The monoisotopic (exact) mass is 444 g/mol. The largest absolute Gasteiger partial charge is 0.348 e. The second-order valence-corrected chi connectivity index (χ2v) is 7.08. The molecular weight excluding hydrogens is 427 g/mol. The number of nitrogens with one attached hydrogen (secondary N) is 3. The zero-order valence-corrected chi connectivity index (χ0v) is 17.1. The minimum absolute atomic E-state index is 0.108. The van der Waals surface area contributed by atoms with Gasteiger partial charge in [0.25, 0.3) is 5.91 Å². The number of anilines is 2. The maximum Gasteiger partial charge on any atom is 0.251 e. The van der Waals surface area contributed by atoms with Crippen LogP contribution in [0.2, 0.25) is 0 Å². The van der Waals surface area contributed by atoms with E-state index in [1.807, 2.05) is 6.07 Å². The Bertz CT molecular complexity index is 1400. The Morgan fingerprint density at radius 2 is 2.00 bits per heavy atom. The number of carbonyl (C=O) groups excluding carboxylic acids is 1. The first-order chi connectivity index (χ1) is 16.2. The summed E-state index contributed by atoms with van der Waals surface area (Å²) in [6.45, 7) is 0.292. The maximum absolute atomic E-state index is 12.6. The fraction of sp³-hybridized carbons (Fsp3) is 0.0455. The van der Waals surface area contributed by atoms with E-state index >= 15 is 0 Å². The molecule has 0 radical (unpaired) electrons. The Morgan fingerprint density at radius 3 is 2.79 bits per heavy atom. The molecule has 0 saturated heterocycles. The van der Waals surface area contributed by atoms with Crippen LogP contribution in [0.5, 0.6) is 5.75 Å². The molecule has 0 aliphatic rings. The molecule has 5 aromatic rings. The summed E-state index contributed by atoms with van der Waals surface area (Å²) in [5.74, 6) is 0.352. The summed E-state index contributed by atoms with van der Waals surface area (Å²) in [4.78, 5) is 25.1. The first-order valence-electron chi connectivity index (χ1n) is 9.92. The van der Waals surface area contributed by atoms with E-state index in [1.54, 1.807) is 53.4 Å². The predicted molar refractivity (Wildman–Crippen MR) is 117 cm³/mol. The van der Waals surface area contributed by atoms with Gasteiger partial charge in [0, 0.05) is 34.1 Å². The standard InChI is InChI=1S/C22H17FN8O2/c23-33-18-6-4-14(5-7-18)9-25-22(32)15-2-1-3-17(8-15)30-20-21-26-13-29-31(21)19(12-24-20)16-10-27-28-11-16/h1-8,10-13H,9H2,(H,24,30)(H,25,32)(H,27,28). The van der Waals surface area contributed by atoms with Gasteiger partial charge in [-0.05, 0) is 35.9 Å². The molecule has 0 unspecified atom stereocenters. The normalized spacial score (nSPS) is 10.8. The molecule has 0 aliphatic heterocycles. The number of nitrogens with zero attached hydrogens (tertiary/aromatic N) is 5. The van der Waals surface area contributed by atoms with Crippen LogP contribution >= 0.6 is 0 Å². The van der Waals surface area contributed by atoms with Crippen molar-refractivity contribution in [3.63, 3.8) is 0 Å². The maximum atomic E-state index is 12.6. The van der Waals surface area contributed by atoms with Crippen molar-refractivity contribution in [2.45, 2.75) is 6.54 Å². The number of fused-ring (bicyclic) bond motifs is 1. The highest BCUT2D eigenvalue weighted by Gasteiger charge is 2.13. The Hall–Kier alpha value is -4.80. The van der Waals surface area contributed by atoms with Gasteiger partial charge in [-0.25, -0.2) is 14.5 Å². The number of H-pyrrole nitrogens is 1. The number of aromatic amines is 1. The SMILES string of the molecule is O=C(NCc1ccc(OF)cc1)c1cccc(Nc2ncc(-c3cn[nH]c3)n3ncnc23)c1. The van der Waals surface area contributed by atoms with Gasteiger partial charge in [-0.15, -0.1) is 0 Å². The summed E-state index contributed by atoms with van der Waals surface area (Å²) in [7, 11) is 0. The highest BCUT2D eigenvalue weighted by atomic mass is 19.3. The summed E-state index contributed by atoms with van der Waals surface area (Å²) in [5, 5.41) is 17.0. The number of benzene rings is 2. The molecule has 10 nitrogen and oxygen atoms in total. The molecule has 0 fully saturated rings. The van der Waals surface area contributed by atoms with Gasteiger partial charge in [0.05, 0.1) is 18.1 Å². The molecule has 0 spiro atoms. The molecule has 164 valence electrons. The minimum atomic E-state index is -0.250. The van der Waals surface area contributed by atoms with E-state index in [4.69, 9.17) is 0 Å². The van der Waals surface area contributed by atoms with Crippen molar-refractivity contribution in [1.82, 2.24) is 35.1 Å². The highest BCUT2D eigenvalue weighted by molar-refractivity contribution is 5.95. The zero-order valence-electron chi connectivity index (χ0n) is 17.1. The molecule has 0 aliphatic carbocycles. The van der Waals surface area contributed by atoms with Crippen molar-refractivity contribution in [2.75, 3.05) is 5.32 Å². The molecule has 0 saturated carbocycles. The molecule has 0 bridgehead atoms. The fourth-order valence-corrected chi connectivity index (χ4v) is 3.31.